The number of benzene rings is 2. The van der Waals surface area contributed by atoms with Crippen molar-refractivity contribution in [1.29, 1.82) is 0 Å². The molecule has 0 bridgehead atoms. The van der Waals surface area contributed by atoms with Crippen molar-refractivity contribution in [3.63, 3.8) is 0 Å². The summed E-state index contributed by atoms with van der Waals surface area (Å²) < 4.78 is 2.02. The van der Waals surface area contributed by atoms with Gasteiger partial charge in [-0.25, -0.2) is 0 Å². The smallest absolute Gasteiger partial charge is 0.256 e. The van der Waals surface area contributed by atoms with Crippen LogP contribution in [0.4, 0.5) is 0 Å². The van der Waals surface area contributed by atoms with E-state index in [9.17, 15) is 9.90 Å². The molecule has 0 aliphatic carbocycles. The van der Waals surface area contributed by atoms with Gasteiger partial charge in [0.2, 0.25) is 0 Å². The first-order valence-electron chi connectivity index (χ1n) is 10.6. The number of amides is 1. The van der Waals surface area contributed by atoms with Crippen LogP contribution >= 0.6 is 0 Å². The molecule has 4 heteroatoms. The van der Waals surface area contributed by atoms with Crippen LogP contribution < -0.4 is 0 Å². The molecule has 0 unspecified atom stereocenters. The lowest BCUT2D eigenvalue weighted by molar-refractivity contribution is 0.0217. The standard InChI is InChI=1S/C25H30N2O2/c1-26-17-22(21-12-5-6-13-23(21)26)24(29)27-16-8-15-25(18-27,19-28)14-7-11-20-9-3-2-4-10-20/h2-6,9-10,12-13,17,28H,7-8,11,14-16,18-19H2,1H3/t25-/m1/s1. The minimum absolute atomic E-state index is 0.0855. The van der Waals surface area contributed by atoms with Crippen LogP contribution in [0.25, 0.3) is 10.9 Å². The van der Waals surface area contributed by atoms with E-state index in [4.69, 9.17) is 0 Å². The first kappa shape index (κ1) is 19.7. The van der Waals surface area contributed by atoms with E-state index in [1.54, 1.807) is 0 Å². The molecule has 1 aromatic heterocycles. The van der Waals surface area contributed by atoms with E-state index >= 15 is 0 Å². The molecule has 1 saturated heterocycles. The van der Waals surface area contributed by atoms with Gasteiger partial charge in [-0.3, -0.25) is 4.79 Å². The molecular formula is C25H30N2O2. The van der Waals surface area contributed by atoms with Gasteiger partial charge < -0.3 is 14.6 Å². The molecule has 1 fully saturated rings. The monoisotopic (exact) mass is 390 g/mol. The maximum absolute atomic E-state index is 13.4. The summed E-state index contributed by atoms with van der Waals surface area (Å²) >= 11 is 0. The van der Waals surface area contributed by atoms with Gasteiger partial charge in [-0.05, 0) is 43.7 Å². The Morgan fingerprint density at radius 1 is 1.10 bits per heavy atom. The van der Waals surface area contributed by atoms with Gasteiger partial charge in [0, 0.05) is 42.7 Å². The number of carbonyl (C=O) groups excluding carboxylic acids is 1. The van der Waals surface area contributed by atoms with Crippen LogP contribution in [-0.4, -0.2) is 40.2 Å². The van der Waals surface area contributed by atoms with E-state index in [-0.39, 0.29) is 17.9 Å². The Hall–Kier alpha value is -2.59. The number of aromatic nitrogens is 1. The Kier molecular flexibility index (Phi) is 5.72. The first-order valence-corrected chi connectivity index (χ1v) is 10.6. The lowest BCUT2D eigenvalue weighted by atomic mass is 9.76. The predicted molar refractivity (Wildman–Crippen MR) is 117 cm³/mol. The van der Waals surface area contributed by atoms with Gasteiger partial charge in [-0.1, -0.05) is 48.5 Å². The second-order valence-corrected chi connectivity index (χ2v) is 8.50. The normalized spacial score (nSPS) is 19.6. The molecule has 2 heterocycles. The molecule has 1 N–H and O–H groups in total. The molecule has 1 aliphatic rings. The van der Waals surface area contributed by atoms with E-state index in [1.165, 1.54) is 5.56 Å². The summed E-state index contributed by atoms with van der Waals surface area (Å²) in [6, 6.07) is 18.5. The van der Waals surface area contributed by atoms with E-state index in [2.05, 4.69) is 24.3 Å². The van der Waals surface area contributed by atoms with Crippen molar-refractivity contribution in [3.8, 4) is 0 Å². The summed E-state index contributed by atoms with van der Waals surface area (Å²) in [6.07, 6.45) is 6.86. The zero-order chi connectivity index (χ0) is 20.3. The highest BCUT2D eigenvalue weighted by atomic mass is 16.3. The molecule has 1 amide bonds. The Labute approximate surface area is 172 Å². The van der Waals surface area contributed by atoms with Crippen molar-refractivity contribution in [1.82, 2.24) is 9.47 Å². The van der Waals surface area contributed by atoms with Gasteiger partial charge in [0.1, 0.15) is 0 Å². The van der Waals surface area contributed by atoms with Crippen LogP contribution in [0.1, 0.15) is 41.6 Å². The molecule has 152 valence electrons. The van der Waals surface area contributed by atoms with Gasteiger partial charge in [0.25, 0.3) is 5.91 Å². The van der Waals surface area contributed by atoms with Gasteiger partial charge >= 0.3 is 0 Å². The molecular weight excluding hydrogens is 360 g/mol. The molecule has 2 aromatic carbocycles. The third-order valence-electron chi connectivity index (χ3n) is 6.43. The van der Waals surface area contributed by atoms with Gasteiger partial charge in [-0.2, -0.15) is 0 Å². The molecule has 0 spiro atoms. The van der Waals surface area contributed by atoms with Crippen molar-refractivity contribution in [3.05, 3.63) is 71.9 Å². The van der Waals surface area contributed by atoms with Crippen molar-refractivity contribution < 1.29 is 9.90 Å². The molecule has 1 atom stereocenters. The molecule has 1 aliphatic heterocycles. The number of carbonyl (C=O) groups is 1. The lowest BCUT2D eigenvalue weighted by Gasteiger charge is -2.42. The number of hydrogen-bond donors (Lipinski definition) is 1. The van der Waals surface area contributed by atoms with Gasteiger partial charge in [0.15, 0.2) is 0 Å². The quantitative estimate of drug-likeness (QED) is 0.677. The zero-order valence-electron chi connectivity index (χ0n) is 17.2. The highest BCUT2D eigenvalue weighted by Crippen LogP contribution is 2.36. The number of aryl methyl sites for hydroxylation is 2. The number of aliphatic hydroxyl groups is 1. The molecule has 4 nitrogen and oxygen atoms in total. The molecule has 0 saturated carbocycles. The summed E-state index contributed by atoms with van der Waals surface area (Å²) in [5.41, 5.74) is 2.98. The first-order chi connectivity index (χ1) is 14.1. The maximum atomic E-state index is 13.4. The fourth-order valence-electron chi connectivity index (χ4n) is 4.79. The van der Waals surface area contributed by atoms with Crippen molar-refractivity contribution >= 4 is 16.8 Å². The number of piperidine rings is 1. The minimum atomic E-state index is -0.187. The molecule has 4 rings (SSSR count). The average molecular weight is 391 g/mol. The number of hydrogen-bond acceptors (Lipinski definition) is 2. The van der Waals surface area contributed by atoms with Crippen LogP contribution in [-0.2, 0) is 13.5 Å². The summed E-state index contributed by atoms with van der Waals surface area (Å²) in [5, 5.41) is 11.2. The Morgan fingerprint density at radius 3 is 2.66 bits per heavy atom. The van der Waals surface area contributed by atoms with Crippen molar-refractivity contribution in [2.24, 2.45) is 12.5 Å². The van der Waals surface area contributed by atoms with Gasteiger partial charge in [-0.15, -0.1) is 0 Å². The van der Waals surface area contributed by atoms with E-state index in [1.807, 2.05) is 53.0 Å². The lowest BCUT2D eigenvalue weighted by Crippen LogP contribution is -2.48. The average Bonchev–Trinajstić information content (AvgIpc) is 3.11. The van der Waals surface area contributed by atoms with E-state index in [0.29, 0.717) is 6.54 Å². The van der Waals surface area contributed by atoms with Crippen LogP contribution in [0, 0.1) is 5.41 Å². The second kappa shape index (κ2) is 8.42. The topological polar surface area (TPSA) is 45.5 Å². The Bertz CT molecular complexity index is 979. The summed E-state index contributed by atoms with van der Waals surface area (Å²) in [4.78, 5) is 15.3. The predicted octanol–water partition coefficient (Wildman–Crippen LogP) is 4.42. The fraction of sp³-hybridized carbons (Fsp3) is 0.400. The third-order valence-corrected chi connectivity index (χ3v) is 6.43. The summed E-state index contributed by atoms with van der Waals surface area (Å²) in [6.45, 7) is 1.55. The summed E-state index contributed by atoms with van der Waals surface area (Å²) in [7, 11) is 1.98. The van der Waals surface area contributed by atoms with E-state index in [0.717, 1.165) is 55.1 Å². The minimum Gasteiger partial charge on any atom is -0.396 e. The van der Waals surface area contributed by atoms with Crippen LogP contribution in [0.2, 0.25) is 0 Å². The van der Waals surface area contributed by atoms with E-state index < -0.39 is 0 Å². The maximum Gasteiger partial charge on any atom is 0.256 e. The van der Waals surface area contributed by atoms with Crippen molar-refractivity contribution in [2.75, 3.05) is 19.7 Å². The highest BCUT2D eigenvalue weighted by Gasteiger charge is 2.37. The van der Waals surface area contributed by atoms with Crippen LogP contribution in [0.3, 0.4) is 0 Å². The number of aliphatic hydroxyl groups excluding tert-OH is 1. The largest absolute Gasteiger partial charge is 0.396 e. The summed E-state index contributed by atoms with van der Waals surface area (Å²) in [5.74, 6) is 0.0855. The van der Waals surface area contributed by atoms with Crippen molar-refractivity contribution in [2.45, 2.75) is 32.1 Å². The van der Waals surface area contributed by atoms with Crippen LogP contribution in [0.5, 0.6) is 0 Å². The molecule has 0 radical (unpaired) electrons. The Balaban J connectivity index is 1.47. The van der Waals surface area contributed by atoms with Crippen LogP contribution in [0.15, 0.2) is 60.8 Å². The fourth-order valence-corrected chi connectivity index (χ4v) is 4.79. The Morgan fingerprint density at radius 2 is 1.86 bits per heavy atom. The number of rotatable bonds is 6. The third kappa shape index (κ3) is 4.08. The number of para-hydroxylation sites is 1. The van der Waals surface area contributed by atoms with Gasteiger partial charge in [0.05, 0.1) is 12.2 Å². The number of likely N-dealkylation sites (tertiary alicyclic amines) is 1. The second-order valence-electron chi connectivity index (χ2n) is 8.50. The number of fused-ring (bicyclic) bond motifs is 1. The number of nitrogens with zero attached hydrogens (tertiary/aromatic N) is 2. The zero-order valence-corrected chi connectivity index (χ0v) is 17.2. The highest BCUT2D eigenvalue weighted by molar-refractivity contribution is 6.07. The molecule has 3 aromatic rings. The SMILES string of the molecule is Cn1cc(C(=O)N2CCC[C@](CO)(CCCc3ccccc3)C2)c2ccccc21. The molecule has 29 heavy (non-hydrogen) atoms.